The van der Waals surface area contributed by atoms with Crippen LogP contribution >= 0.6 is 0 Å². The van der Waals surface area contributed by atoms with E-state index in [-0.39, 0.29) is 54.5 Å². The van der Waals surface area contributed by atoms with Gasteiger partial charge in [0.05, 0.1) is 42.9 Å². The number of cyclic esters (lactones) is 1. The van der Waals surface area contributed by atoms with Crippen molar-refractivity contribution < 1.29 is 38.1 Å². The minimum Gasteiger partial charge on any atom is -0.464 e. The molecule has 0 unspecified atom stereocenters. The van der Waals surface area contributed by atoms with Crippen LogP contribution in [-0.4, -0.2) is 144 Å². The summed E-state index contributed by atoms with van der Waals surface area (Å²) in [6.07, 6.45) is 8.71. The number of hydrogen-bond donors (Lipinski definition) is 2. The maximum Gasteiger partial charge on any atom is 0.410 e. The first-order valence-corrected chi connectivity index (χ1v) is 26.2. The number of methoxy groups -OCH3 is 1. The number of likely N-dealkylation sites (tertiary alicyclic amines) is 2. The monoisotopic (exact) mass is 967 g/mol. The SMILES string of the molecule is CCn1c(-c2cccnc2[C@H](C)OC)c2c3cc(ccc31)N1CCO[C@@H](C[C@H](NC(=O)[C@H](C3CCCC3)N3CC[C@]4(CCN(C(=O)OC(C)(C)C)C4)C3)C(=O)N3CCC[C@H](N3)C(=O)OCC(C)(C)C2)C1. The minimum absolute atomic E-state index is 0.117. The van der Waals surface area contributed by atoms with Crippen LogP contribution in [0.4, 0.5) is 10.5 Å². The minimum atomic E-state index is -0.912. The predicted molar refractivity (Wildman–Crippen MR) is 268 cm³/mol. The number of aromatic nitrogens is 2. The summed E-state index contributed by atoms with van der Waals surface area (Å²) in [5, 5.41) is 6.01. The van der Waals surface area contributed by atoms with Crippen LogP contribution < -0.4 is 15.6 Å². The second-order valence-corrected chi connectivity index (χ2v) is 22.9. The Morgan fingerprint density at radius 2 is 1.80 bits per heavy atom. The average molecular weight is 967 g/mol. The van der Waals surface area contributed by atoms with Crippen LogP contribution in [0.3, 0.4) is 0 Å². The van der Waals surface area contributed by atoms with Gasteiger partial charge in [0.1, 0.15) is 17.7 Å². The van der Waals surface area contributed by atoms with Gasteiger partial charge in [-0.15, -0.1) is 0 Å². The first-order valence-electron chi connectivity index (χ1n) is 26.2. The molecule has 3 aromatic rings. The molecule has 6 bridgehead atoms. The van der Waals surface area contributed by atoms with Crippen molar-refractivity contribution in [1.82, 2.24) is 35.1 Å². The van der Waals surface area contributed by atoms with Crippen LogP contribution in [0.5, 0.6) is 0 Å². The van der Waals surface area contributed by atoms with Crippen molar-refractivity contribution in [2.45, 2.75) is 155 Å². The fourth-order valence-electron chi connectivity index (χ4n) is 12.4. The van der Waals surface area contributed by atoms with Crippen molar-refractivity contribution in [2.75, 3.05) is 71.0 Å². The molecular formula is C54H78N8O8. The number of nitrogens with zero attached hydrogens (tertiary/aromatic N) is 6. The third kappa shape index (κ3) is 10.6. The number of carbonyl (C=O) groups excluding carboxylic acids is 4. The van der Waals surface area contributed by atoms with E-state index in [1.54, 1.807) is 12.1 Å². The Labute approximate surface area is 414 Å². The third-order valence-electron chi connectivity index (χ3n) is 16.0. The summed E-state index contributed by atoms with van der Waals surface area (Å²) in [6.45, 7) is 19.8. The maximum atomic E-state index is 15.1. The molecule has 16 nitrogen and oxygen atoms in total. The summed E-state index contributed by atoms with van der Waals surface area (Å²) in [5.41, 5.74) is 8.38. The Kier molecular flexibility index (Phi) is 14.6. The highest BCUT2D eigenvalue weighted by molar-refractivity contribution is 5.95. The number of ether oxygens (including phenoxy) is 4. The summed E-state index contributed by atoms with van der Waals surface area (Å²) >= 11 is 0. The van der Waals surface area contributed by atoms with Gasteiger partial charge in [-0.2, -0.15) is 0 Å². The number of esters is 1. The number of rotatable bonds is 8. The van der Waals surface area contributed by atoms with Crippen molar-refractivity contribution in [3.8, 4) is 11.3 Å². The molecule has 4 saturated heterocycles. The van der Waals surface area contributed by atoms with Crippen LogP contribution in [0, 0.1) is 16.7 Å². The van der Waals surface area contributed by atoms with Crippen LogP contribution in [0.2, 0.25) is 0 Å². The quantitative estimate of drug-likeness (QED) is 0.223. The zero-order valence-electron chi connectivity index (χ0n) is 43.0. The predicted octanol–water partition coefficient (Wildman–Crippen LogP) is 7.02. The number of nitrogens with one attached hydrogen (secondary N) is 2. The molecule has 6 aliphatic rings. The lowest BCUT2D eigenvalue weighted by Crippen LogP contribution is -2.62. The largest absolute Gasteiger partial charge is 0.464 e. The molecule has 1 aromatic carbocycles. The van der Waals surface area contributed by atoms with Crippen molar-refractivity contribution in [1.29, 1.82) is 0 Å². The molecule has 7 heterocycles. The number of amides is 3. The summed E-state index contributed by atoms with van der Waals surface area (Å²) in [5.74, 6) is -0.666. The van der Waals surface area contributed by atoms with E-state index < -0.39 is 35.1 Å². The normalized spacial score (nSPS) is 26.9. The second kappa shape index (κ2) is 20.4. The van der Waals surface area contributed by atoms with Crippen molar-refractivity contribution in [2.24, 2.45) is 16.7 Å². The van der Waals surface area contributed by atoms with Gasteiger partial charge in [-0.3, -0.25) is 29.3 Å². The number of carbonyl (C=O) groups is 4. The van der Waals surface area contributed by atoms with Crippen molar-refractivity contribution in [3.63, 3.8) is 0 Å². The Balaban J connectivity index is 1.03. The number of benzene rings is 1. The van der Waals surface area contributed by atoms with Gasteiger partial charge in [0.15, 0.2) is 0 Å². The van der Waals surface area contributed by atoms with Crippen molar-refractivity contribution in [3.05, 3.63) is 47.8 Å². The Bertz CT molecular complexity index is 2410. The fourth-order valence-corrected chi connectivity index (χ4v) is 12.4. The Morgan fingerprint density at radius 3 is 2.56 bits per heavy atom. The molecule has 0 radical (unpaired) electrons. The highest BCUT2D eigenvalue weighted by Gasteiger charge is 2.50. The van der Waals surface area contributed by atoms with E-state index in [0.29, 0.717) is 65.1 Å². The first-order chi connectivity index (χ1) is 33.4. The zero-order chi connectivity index (χ0) is 49.5. The van der Waals surface area contributed by atoms with Gasteiger partial charge in [-0.1, -0.05) is 26.7 Å². The fraction of sp³-hybridized carbons (Fsp3) is 0.685. The summed E-state index contributed by atoms with van der Waals surface area (Å²) in [7, 11) is 1.71. The van der Waals surface area contributed by atoms with E-state index in [1.807, 2.05) is 44.9 Å². The van der Waals surface area contributed by atoms with E-state index in [4.69, 9.17) is 23.9 Å². The molecule has 9 rings (SSSR count). The number of fused-ring (bicyclic) bond motifs is 6. The van der Waals surface area contributed by atoms with Crippen molar-refractivity contribution >= 4 is 40.5 Å². The lowest BCUT2D eigenvalue weighted by Gasteiger charge is -2.39. The summed E-state index contributed by atoms with van der Waals surface area (Å²) in [4.78, 5) is 68.7. The molecule has 2 aromatic heterocycles. The van der Waals surface area contributed by atoms with Gasteiger partial charge in [-0.25, -0.2) is 10.2 Å². The van der Waals surface area contributed by atoms with Gasteiger partial charge < -0.3 is 38.6 Å². The standard InChI is InChI=1S/C54H78N8O8/c1-9-61-44-19-18-37-28-40(44)41(47(61)39-16-12-22-55-45(39)35(2)67-8)30-53(6,7)34-69-50(65)42-17-13-23-62(57-42)49(64)43(29-38-31-58(37)26-27-68-38)56-48(63)46(36-14-10-11-15-36)59-24-20-54(32-59)21-25-60(33-54)51(66)70-52(3,4)5/h12,16,18-19,22,28,35-36,38,42-43,46,57H,9-11,13-15,17,20-21,23-27,29-34H2,1-8H3,(H,56,63)/t35-,38-,42-,43-,46-,54-/m0/s1. The van der Waals surface area contributed by atoms with Gasteiger partial charge in [0, 0.05) is 98.5 Å². The number of morpholine rings is 1. The van der Waals surface area contributed by atoms with E-state index in [2.05, 4.69) is 70.1 Å². The number of hydrazine groups is 1. The van der Waals surface area contributed by atoms with Crippen LogP contribution in [0.1, 0.15) is 124 Å². The van der Waals surface area contributed by atoms with E-state index in [9.17, 15) is 14.4 Å². The van der Waals surface area contributed by atoms with Crippen LogP contribution in [0.15, 0.2) is 36.5 Å². The smallest absolute Gasteiger partial charge is 0.410 e. The van der Waals surface area contributed by atoms with Gasteiger partial charge in [0.2, 0.25) is 5.91 Å². The van der Waals surface area contributed by atoms with Crippen LogP contribution in [-0.2, 0) is 46.3 Å². The zero-order valence-corrected chi connectivity index (χ0v) is 43.0. The molecule has 3 amide bonds. The molecule has 5 fully saturated rings. The molecule has 1 saturated carbocycles. The Hall–Kier alpha value is -4.77. The lowest BCUT2D eigenvalue weighted by molar-refractivity contribution is -0.156. The lowest BCUT2D eigenvalue weighted by atomic mass is 9.84. The molecule has 16 heteroatoms. The van der Waals surface area contributed by atoms with Gasteiger partial charge in [0.25, 0.3) is 5.91 Å². The number of pyridine rings is 1. The maximum absolute atomic E-state index is 15.1. The first kappa shape index (κ1) is 50.2. The molecule has 6 atom stereocenters. The number of anilines is 1. The van der Waals surface area contributed by atoms with E-state index in [1.165, 1.54) is 0 Å². The summed E-state index contributed by atoms with van der Waals surface area (Å²) in [6, 6.07) is 8.76. The molecular weight excluding hydrogens is 889 g/mol. The topological polar surface area (TPSA) is 160 Å². The molecule has 1 spiro atoms. The van der Waals surface area contributed by atoms with Crippen LogP contribution in [0.25, 0.3) is 22.2 Å². The molecule has 1 aliphatic carbocycles. The number of hydrogen-bond acceptors (Lipinski definition) is 12. The average Bonchev–Trinajstić information content (AvgIpc) is 4.17. The molecule has 70 heavy (non-hydrogen) atoms. The van der Waals surface area contributed by atoms with E-state index >= 15 is 4.79 Å². The molecule has 2 N–H and O–H groups in total. The highest BCUT2D eigenvalue weighted by Crippen LogP contribution is 2.44. The van der Waals surface area contributed by atoms with Gasteiger partial charge in [-0.05, 0) is 128 Å². The van der Waals surface area contributed by atoms with E-state index in [0.717, 1.165) is 90.7 Å². The highest BCUT2D eigenvalue weighted by atomic mass is 16.6. The second-order valence-electron chi connectivity index (χ2n) is 22.9. The molecule has 5 aliphatic heterocycles. The van der Waals surface area contributed by atoms with Gasteiger partial charge >= 0.3 is 12.1 Å². The third-order valence-corrected chi connectivity index (χ3v) is 16.0. The number of aryl methyl sites for hydroxylation is 1. The Morgan fingerprint density at radius 1 is 1.01 bits per heavy atom. The summed E-state index contributed by atoms with van der Waals surface area (Å²) < 4.78 is 26.7. The molecule has 382 valence electrons.